The van der Waals surface area contributed by atoms with E-state index in [0.29, 0.717) is 23.4 Å². The molecular formula is C22H28N4O3. The number of carbonyl (C=O) groups excluding carboxylic acids is 2. The molecule has 0 aliphatic rings. The van der Waals surface area contributed by atoms with E-state index in [1.54, 1.807) is 24.3 Å². The van der Waals surface area contributed by atoms with E-state index in [0.717, 1.165) is 5.69 Å². The maximum atomic E-state index is 12.6. The van der Waals surface area contributed by atoms with Crippen LogP contribution >= 0.6 is 0 Å². The molecule has 0 aliphatic heterocycles. The highest BCUT2D eigenvalue weighted by atomic mass is 16.5. The van der Waals surface area contributed by atoms with Crippen LogP contribution < -0.4 is 10.2 Å². The van der Waals surface area contributed by atoms with Crippen LogP contribution in [0, 0.1) is 5.92 Å². The summed E-state index contributed by atoms with van der Waals surface area (Å²) < 4.78 is 4.79. The molecule has 2 rings (SSSR count). The van der Waals surface area contributed by atoms with Gasteiger partial charge in [0.2, 0.25) is 0 Å². The third kappa shape index (κ3) is 6.71. The molecule has 0 aromatic heterocycles. The number of benzene rings is 2. The minimum Gasteiger partial charge on any atom is -0.467 e. The van der Waals surface area contributed by atoms with E-state index < -0.39 is 12.0 Å². The van der Waals surface area contributed by atoms with Crippen LogP contribution in [0.4, 0.5) is 17.1 Å². The number of esters is 1. The second-order valence-electron chi connectivity index (χ2n) is 7.34. The van der Waals surface area contributed by atoms with Gasteiger partial charge in [-0.1, -0.05) is 19.9 Å². The van der Waals surface area contributed by atoms with Gasteiger partial charge in [0.15, 0.2) is 0 Å². The van der Waals surface area contributed by atoms with Crippen molar-refractivity contribution in [1.82, 2.24) is 5.32 Å². The Bertz CT molecular complexity index is 861. The number of azo groups is 1. The molecule has 1 atom stereocenters. The Hall–Kier alpha value is -3.22. The summed E-state index contributed by atoms with van der Waals surface area (Å²) in [5, 5.41) is 11.2. The van der Waals surface area contributed by atoms with Crippen molar-refractivity contribution in [2.75, 3.05) is 26.1 Å². The van der Waals surface area contributed by atoms with Crippen LogP contribution in [0.15, 0.2) is 58.8 Å². The number of rotatable bonds is 8. The van der Waals surface area contributed by atoms with Crippen LogP contribution in [0.3, 0.4) is 0 Å². The molecule has 7 nitrogen and oxygen atoms in total. The normalized spacial score (nSPS) is 12.1. The highest BCUT2D eigenvalue weighted by Gasteiger charge is 2.23. The van der Waals surface area contributed by atoms with Crippen molar-refractivity contribution < 1.29 is 14.3 Å². The Balaban J connectivity index is 2.11. The van der Waals surface area contributed by atoms with Crippen LogP contribution in [0.25, 0.3) is 0 Å². The Labute approximate surface area is 171 Å². The van der Waals surface area contributed by atoms with Crippen LogP contribution in [0.5, 0.6) is 0 Å². The lowest BCUT2D eigenvalue weighted by Crippen LogP contribution is -2.42. The van der Waals surface area contributed by atoms with Crippen LogP contribution in [-0.2, 0) is 9.53 Å². The molecule has 0 aliphatic carbocycles. The predicted octanol–water partition coefficient (Wildman–Crippen LogP) is 4.49. The third-order valence-corrected chi connectivity index (χ3v) is 4.25. The van der Waals surface area contributed by atoms with Crippen LogP contribution in [-0.4, -0.2) is 39.1 Å². The topological polar surface area (TPSA) is 83.4 Å². The summed E-state index contributed by atoms with van der Waals surface area (Å²) in [4.78, 5) is 26.5. The summed E-state index contributed by atoms with van der Waals surface area (Å²) >= 11 is 0. The summed E-state index contributed by atoms with van der Waals surface area (Å²) in [6, 6.07) is 13.8. The van der Waals surface area contributed by atoms with Gasteiger partial charge in [0.1, 0.15) is 6.04 Å². The predicted molar refractivity (Wildman–Crippen MR) is 114 cm³/mol. The molecule has 0 spiro atoms. The van der Waals surface area contributed by atoms with E-state index in [-0.39, 0.29) is 11.8 Å². The monoisotopic (exact) mass is 396 g/mol. The largest absolute Gasteiger partial charge is 0.467 e. The summed E-state index contributed by atoms with van der Waals surface area (Å²) in [7, 11) is 5.26. The lowest BCUT2D eigenvalue weighted by molar-refractivity contribution is -0.143. The van der Waals surface area contributed by atoms with Crippen molar-refractivity contribution in [3.05, 3.63) is 54.1 Å². The summed E-state index contributed by atoms with van der Waals surface area (Å²) in [5.41, 5.74) is 2.74. The molecule has 7 heteroatoms. The van der Waals surface area contributed by atoms with Gasteiger partial charge in [-0.3, -0.25) is 4.79 Å². The highest BCUT2D eigenvalue weighted by molar-refractivity contribution is 5.97. The van der Waals surface area contributed by atoms with E-state index in [9.17, 15) is 9.59 Å². The van der Waals surface area contributed by atoms with Crippen molar-refractivity contribution >= 4 is 28.9 Å². The first-order valence-corrected chi connectivity index (χ1v) is 9.48. The summed E-state index contributed by atoms with van der Waals surface area (Å²) in [6.45, 7) is 3.96. The lowest BCUT2D eigenvalue weighted by Gasteiger charge is -2.18. The Kier molecular flexibility index (Phi) is 7.88. The van der Waals surface area contributed by atoms with Gasteiger partial charge in [-0.15, -0.1) is 0 Å². The number of anilines is 1. The number of methoxy groups -OCH3 is 1. The second kappa shape index (κ2) is 10.4. The van der Waals surface area contributed by atoms with E-state index in [1.165, 1.54) is 7.11 Å². The molecule has 2 aromatic rings. The number of nitrogens with one attached hydrogen (secondary N) is 1. The number of nitrogens with zero attached hydrogens (tertiary/aromatic N) is 3. The number of hydrogen-bond acceptors (Lipinski definition) is 6. The fourth-order valence-corrected chi connectivity index (χ4v) is 2.71. The Morgan fingerprint density at radius 1 is 1.03 bits per heavy atom. The van der Waals surface area contributed by atoms with Gasteiger partial charge < -0.3 is 15.0 Å². The van der Waals surface area contributed by atoms with Crippen molar-refractivity contribution in [2.24, 2.45) is 16.1 Å². The van der Waals surface area contributed by atoms with Crippen molar-refractivity contribution in [2.45, 2.75) is 26.3 Å². The molecule has 0 heterocycles. The number of amides is 1. The molecule has 2 aromatic carbocycles. The molecule has 0 fully saturated rings. The number of hydrogen-bond donors (Lipinski definition) is 1. The summed E-state index contributed by atoms with van der Waals surface area (Å²) in [5.74, 6) is -0.573. The van der Waals surface area contributed by atoms with E-state index in [1.807, 2.05) is 57.1 Å². The first-order chi connectivity index (χ1) is 13.8. The molecule has 1 N–H and O–H groups in total. The first-order valence-electron chi connectivity index (χ1n) is 9.48. The average Bonchev–Trinajstić information content (AvgIpc) is 2.71. The molecule has 0 saturated heterocycles. The molecule has 29 heavy (non-hydrogen) atoms. The summed E-state index contributed by atoms with van der Waals surface area (Å²) in [6.07, 6.45) is 0.501. The number of carbonyl (C=O) groups is 2. The van der Waals surface area contributed by atoms with Gasteiger partial charge >= 0.3 is 5.97 Å². The minimum atomic E-state index is -0.687. The van der Waals surface area contributed by atoms with Crippen LogP contribution in [0.1, 0.15) is 30.6 Å². The third-order valence-electron chi connectivity index (χ3n) is 4.25. The fraction of sp³-hybridized carbons (Fsp3) is 0.364. The average molecular weight is 396 g/mol. The van der Waals surface area contributed by atoms with Crippen molar-refractivity contribution in [3.8, 4) is 0 Å². The highest BCUT2D eigenvalue weighted by Crippen LogP contribution is 2.22. The zero-order chi connectivity index (χ0) is 21.4. The fourth-order valence-electron chi connectivity index (χ4n) is 2.71. The minimum absolute atomic E-state index is 0.235. The lowest BCUT2D eigenvalue weighted by atomic mass is 10.0. The Morgan fingerprint density at radius 3 is 2.28 bits per heavy atom. The van der Waals surface area contributed by atoms with E-state index in [2.05, 4.69) is 15.5 Å². The van der Waals surface area contributed by atoms with Crippen molar-refractivity contribution in [1.29, 1.82) is 0 Å². The molecule has 0 bridgehead atoms. The van der Waals surface area contributed by atoms with Gasteiger partial charge in [0.05, 0.1) is 18.5 Å². The first kappa shape index (κ1) is 22.1. The molecule has 154 valence electrons. The quantitative estimate of drug-likeness (QED) is 0.526. The second-order valence-corrected chi connectivity index (χ2v) is 7.34. The van der Waals surface area contributed by atoms with Crippen molar-refractivity contribution in [3.63, 3.8) is 0 Å². The van der Waals surface area contributed by atoms with E-state index >= 15 is 0 Å². The van der Waals surface area contributed by atoms with Gasteiger partial charge in [0, 0.05) is 25.3 Å². The molecule has 0 unspecified atom stereocenters. The van der Waals surface area contributed by atoms with Gasteiger partial charge in [0.25, 0.3) is 5.91 Å². The zero-order valence-corrected chi connectivity index (χ0v) is 17.5. The van der Waals surface area contributed by atoms with Gasteiger partial charge in [-0.2, -0.15) is 10.2 Å². The van der Waals surface area contributed by atoms with Crippen LogP contribution in [0.2, 0.25) is 0 Å². The van der Waals surface area contributed by atoms with Gasteiger partial charge in [-0.25, -0.2) is 4.79 Å². The molecule has 0 saturated carbocycles. The standard InChI is InChI=1S/C22H28N4O3/c1-15(2)13-20(22(28)29-5)23-21(27)16-7-6-8-18(14-16)25-24-17-9-11-19(12-10-17)26(3)4/h6-12,14-15,20H,13H2,1-5H3,(H,23,27)/t20-/m0/s1. The maximum Gasteiger partial charge on any atom is 0.328 e. The SMILES string of the molecule is COC(=O)[C@H](CC(C)C)NC(=O)c1cccc(N=Nc2ccc(N(C)C)cc2)c1. The molecular weight excluding hydrogens is 368 g/mol. The number of ether oxygens (including phenoxy) is 1. The molecule has 0 radical (unpaired) electrons. The zero-order valence-electron chi connectivity index (χ0n) is 17.5. The maximum absolute atomic E-state index is 12.6. The van der Waals surface area contributed by atoms with E-state index in [4.69, 9.17) is 4.74 Å². The smallest absolute Gasteiger partial charge is 0.328 e. The van der Waals surface area contributed by atoms with Gasteiger partial charge in [-0.05, 0) is 54.8 Å². The Morgan fingerprint density at radius 2 is 1.69 bits per heavy atom. The molecule has 1 amide bonds.